The SMILES string of the molecule is Cl.Cl.Cl.N=C(NCCCCc1c[nH]cn1)NCCCc1c[nH]cn1. The van der Waals surface area contributed by atoms with Gasteiger partial charge in [0.2, 0.25) is 0 Å². The second-order valence-corrected chi connectivity index (χ2v) is 4.91. The van der Waals surface area contributed by atoms with E-state index in [0.29, 0.717) is 5.96 Å². The molecule has 0 radical (unpaired) electrons. The van der Waals surface area contributed by atoms with Crippen molar-refractivity contribution in [3.05, 3.63) is 36.4 Å². The van der Waals surface area contributed by atoms with Gasteiger partial charge in [0.1, 0.15) is 0 Å². The summed E-state index contributed by atoms with van der Waals surface area (Å²) in [5.41, 5.74) is 2.16. The van der Waals surface area contributed by atoms with E-state index < -0.39 is 0 Å². The summed E-state index contributed by atoms with van der Waals surface area (Å²) >= 11 is 0. The molecule has 0 amide bonds. The Hall–Kier alpha value is -1.44. The van der Waals surface area contributed by atoms with Crippen LogP contribution < -0.4 is 10.6 Å². The van der Waals surface area contributed by atoms with Gasteiger partial charge in [-0.1, -0.05) is 0 Å². The number of H-pyrrole nitrogens is 2. The number of guanidine groups is 1. The molecule has 10 heteroatoms. The minimum atomic E-state index is 0. The molecule has 2 heterocycles. The molecule has 0 bridgehead atoms. The summed E-state index contributed by atoms with van der Waals surface area (Å²) in [7, 11) is 0. The van der Waals surface area contributed by atoms with Crippen LogP contribution in [0.1, 0.15) is 30.7 Å². The number of nitrogens with zero attached hydrogens (tertiary/aromatic N) is 2. The van der Waals surface area contributed by atoms with Crippen molar-refractivity contribution >= 4 is 43.2 Å². The van der Waals surface area contributed by atoms with E-state index in [0.717, 1.165) is 56.6 Å². The fraction of sp³-hybridized carbons (Fsp3) is 0.500. The van der Waals surface area contributed by atoms with Crippen LogP contribution in [0.3, 0.4) is 0 Å². The monoisotopic (exact) mass is 397 g/mol. The molecule has 0 saturated carbocycles. The van der Waals surface area contributed by atoms with Crippen LogP contribution in [0, 0.1) is 5.41 Å². The molecular formula is C14H26Cl3N7. The van der Waals surface area contributed by atoms with Crippen LogP contribution in [0.15, 0.2) is 25.0 Å². The molecule has 2 aromatic rings. The van der Waals surface area contributed by atoms with Crippen molar-refractivity contribution in [1.82, 2.24) is 30.6 Å². The maximum atomic E-state index is 7.76. The normalized spacial score (nSPS) is 9.17. The van der Waals surface area contributed by atoms with Crippen molar-refractivity contribution in [2.45, 2.75) is 32.1 Å². The highest BCUT2D eigenvalue weighted by molar-refractivity contribution is 5.86. The lowest BCUT2D eigenvalue weighted by atomic mass is 10.2. The molecule has 0 unspecified atom stereocenters. The predicted octanol–water partition coefficient (Wildman–Crippen LogP) is 2.47. The molecule has 7 nitrogen and oxygen atoms in total. The van der Waals surface area contributed by atoms with Gasteiger partial charge in [-0.05, 0) is 32.1 Å². The molecule has 0 fully saturated rings. The second kappa shape index (κ2) is 15.1. The Morgan fingerprint density at radius 3 is 1.83 bits per heavy atom. The topological polar surface area (TPSA) is 105 Å². The van der Waals surface area contributed by atoms with Crippen molar-refractivity contribution in [3.63, 3.8) is 0 Å². The highest BCUT2D eigenvalue weighted by Gasteiger charge is 1.98. The van der Waals surface area contributed by atoms with E-state index in [1.165, 1.54) is 0 Å². The summed E-state index contributed by atoms with van der Waals surface area (Å²) in [5, 5.41) is 13.9. The standard InChI is InChI=1S/C14H23N7.3ClH/c15-14(19-7-3-5-13-9-17-11-21-13)18-6-2-1-4-12-8-16-10-20-12;;;/h8-11H,1-7H2,(H,16,20)(H,17,21)(H3,15,18,19);3*1H. The van der Waals surface area contributed by atoms with Gasteiger partial charge in [0.25, 0.3) is 0 Å². The van der Waals surface area contributed by atoms with Crippen LogP contribution in [-0.2, 0) is 12.8 Å². The Kier molecular flexibility index (Phi) is 15.6. The lowest BCUT2D eigenvalue weighted by Gasteiger charge is -2.09. The van der Waals surface area contributed by atoms with E-state index in [9.17, 15) is 0 Å². The number of unbranched alkanes of at least 4 members (excludes halogenated alkanes) is 1. The maximum absolute atomic E-state index is 7.76. The number of hydrogen-bond acceptors (Lipinski definition) is 3. The van der Waals surface area contributed by atoms with Gasteiger partial charge in [-0.15, -0.1) is 37.2 Å². The molecule has 0 aliphatic carbocycles. The van der Waals surface area contributed by atoms with Gasteiger partial charge >= 0.3 is 0 Å². The Morgan fingerprint density at radius 2 is 1.33 bits per heavy atom. The Bertz CT molecular complexity index is 502. The number of aromatic nitrogens is 4. The number of aromatic amines is 2. The molecule has 138 valence electrons. The van der Waals surface area contributed by atoms with Gasteiger partial charge in [0.05, 0.1) is 24.0 Å². The van der Waals surface area contributed by atoms with E-state index in [1.54, 1.807) is 12.7 Å². The first-order chi connectivity index (χ1) is 10.3. The van der Waals surface area contributed by atoms with Gasteiger partial charge in [-0.2, -0.15) is 0 Å². The Balaban J connectivity index is 0. The third-order valence-electron chi connectivity index (χ3n) is 3.18. The molecule has 24 heavy (non-hydrogen) atoms. The molecule has 5 N–H and O–H groups in total. The number of aryl methyl sites for hydroxylation is 2. The average molecular weight is 399 g/mol. The van der Waals surface area contributed by atoms with Crippen LogP contribution in [0.25, 0.3) is 0 Å². The van der Waals surface area contributed by atoms with Crippen molar-refractivity contribution in [3.8, 4) is 0 Å². The highest BCUT2D eigenvalue weighted by atomic mass is 35.5. The quantitative estimate of drug-likeness (QED) is 0.254. The fourth-order valence-electron chi connectivity index (χ4n) is 2.05. The predicted molar refractivity (Wildman–Crippen MR) is 104 cm³/mol. The van der Waals surface area contributed by atoms with E-state index >= 15 is 0 Å². The fourth-order valence-corrected chi connectivity index (χ4v) is 2.05. The first-order valence-electron chi connectivity index (χ1n) is 7.36. The Labute approximate surface area is 161 Å². The van der Waals surface area contributed by atoms with Crippen LogP contribution in [0.5, 0.6) is 0 Å². The van der Waals surface area contributed by atoms with Gasteiger partial charge in [0, 0.05) is 25.5 Å². The number of nitrogens with one attached hydrogen (secondary N) is 5. The molecule has 0 spiro atoms. The third kappa shape index (κ3) is 10.4. The van der Waals surface area contributed by atoms with Crippen LogP contribution in [-0.4, -0.2) is 39.0 Å². The number of halogens is 3. The van der Waals surface area contributed by atoms with E-state index in [-0.39, 0.29) is 37.2 Å². The van der Waals surface area contributed by atoms with Crippen molar-refractivity contribution < 1.29 is 0 Å². The van der Waals surface area contributed by atoms with Crippen LogP contribution >= 0.6 is 37.2 Å². The highest BCUT2D eigenvalue weighted by Crippen LogP contribution is 1.99. The van der Waals surface area contributed by atoms with E-state index in [1.807, 2.05) is 12.4 Å². The summed E-state index contributed by atoms with van der Waals surface area (Å²) in [6.45, 7) is 1.60. The molecule has 0 saturated heterocycles. The number of imidazole rings is 2. The molecule has 0 atom stereocenters. The van der Waals surface area contributed by atoms with E-state index in [4.69, 9.17) is 5.41 Å². The largest absolute Gasteiger partial charge is 0.357 e. The van der Waals surface area contributed by atoms with E-state index in [2.05, 4.69) is 30.6 Å². The zero-order valence-corrected chi connectivity index (χ0v) is 15.8. The van der Waals surface area contributed by atoms with Gasteiger partial charge in [0.15, 0.2) is 5.96 Å². The Morgan fingerprint density at radius 1 is 0.833 bits per heavy atom. The molecule has 2 aromatic heterocycles. The zero-order valence-electron chi connectivity index (χ0n) is 13.4. The number of rotatable bonds is 9. The summed E-state index contributed by atoms with van der Waals surface area (Å²) in [5.74, 6) is 0.400. The maximum Gasteiger partial charge on any atom is 0.188 e. The van der Waals surface area contributed by atoms with Gasteiger partial charge < -0.3 is 20.6 Å². The molecule has 0 aliphatic rings. The van der Waals surface area contributed by atoms with Gasteiger partial charge in [-0.3, -0.25) is 5.41 Å². The summed E-state index contributed by atoms with van der Waals surface area (Å²) in [4.78, 5) is 14.2. The molecular weight excluding hydrogens is 373 g/mol. The third-order valence-corrected chi connectivity index (χ3v) is 3.18. The lowest BCUT2D eigenvalue weighted by Crippen LogP contribution is -2.37. The second-order valence-electron chi connectivity index (χ2n) is 4.91. The first kappa shape index (κ1) is 24.8. The summed E-state index contributed by atoms with van der Waals surface area (Å²) in [6, 6.07) is 0. The van der Waals surface area contributed by atoms with Crippen molar-refractivity contribution in [1.29, 1.82) is 5.41 Å². The molecule has 2 rings (SSSR count). The van der Waals surface area contributed by atoms with Crippen molar-refractivity contribution in [2.75, 3.05) is 13.1 Å². The minimum Gasteiger partial charge on any atom is -0.357 e. The lowest BCUT2D eigenvalue weighted by molar-refractivity contribution is 0.679. The van der Waals surface area contributed by atoms with Gasteiger partial charge in [-0.25, -0.2) is 9.97 Å². The van der Waals surface area contributed by atoms with Crippen LogP contribution in [0.4, 0.5) is 0 Å². The average Bonchev–Trinajstić information content (AvgIpc) is 3.16. The van der Waals surface area contributed by atoms with Crippen molar-refractivity contribution in [2.24, 2.45) is 0 Å². The summed E-state index contributed by atoms with van der Waals surface area (Å²) < 4.78 is 0. The molecule has 0 aromatic carbocycles. The molecule has 0 aliphatic heterocycles. The van der Waals surface area contributed by atoms with Crippen LogP contribution in [0.2, 0.25) is 0 Å². The minimum absolute atomic E-state index is 0. The zero-order chi connectivity index (χ0) is 14.8. The summed E-state index contributed by atoms with van der Waals surface area (Å²) in [6.07, 6.45) is 12.2. The first-order valence-corrected chi connectivity index (χ1v) is 7.36. The smallest absolute Gasteiger partial charge is 0.188 e. The number of hydrogen-bond donors (Lipinski definition) is 5.